The lowest BCUT2D eigenvalue weighted by Crippen LogP contribution is -2.35. The van der Waals surface area contributed by atoms with E-state index >= 15 is 0 Å². The second kappa shape index (κ2) is 5.92. The fourth-order valence-corrected chi connectivity index (χ4v) is 2.12. The molecular formula is C12H17F3N4O. The standard InChI is InChI=1S/C12H17F3N4O/c1-7-18-9-3-5-16-4-2-8(9)11(19-7)17-6-10(20)12(13,14)15/h10,16,20H,2-6H2,1H3,(H,17,18,19)/t10-/m0/s1. The van der Waals surface area contributed by atoms with E-state index in [4.69, 9.17) is 5.11 Å². The predicted molar refractivity (Wildman–Crippen MR) is 67.6 cm³/mol. The molecule has 1 atom stereocenters. The first-order valence-electron chi connectivity index (χ1n) is 6.43. The minimum absolute atomic E-state index is 0.388. The summed E-state index contributed by atoms with van der Waals surface area (Å²) in [4.78, 5) is 8.49. The summed E-state index contributed by atoms with van der Waals surface area (Å²) >= 11 is 0. The van der Waals surface area contributed by atoms with Crippen molar-refractivity contribution in [1.82, 2.24) is 15.3 Å². The third-order valence-corrected chi connectivity index (χ3v) is 3.14. The number of aliphatic hydroxyl groups is 1. The molecule has 0 saturated carbocycles. The van der Waals surface area contributed by atoms with Crippen LogP contribution in [0.25, 0.3) is 0 Å². The molecule has 3 N–H and O–H groups in total. The van der Waals surface area contributed by atoms with Crippen LogP contribution in [0.5, 0.6) is 0 Å². The SMILES string of the molecule is Cc1nc2c(c(NC[C@H](O)C(F)(F)F)n1)CCNCC2. The number of aromatic nitrogens is 2. The Hall–Kier alpha value is -1.41. The number of aryl methyl sites for hydroxylation is 1. The summed E-state index contributed by atoms with van der Waals surface area (Å²) in [6.07, 6.45) is -5.67. The van der Waals surface area contributed by atoms with Gasteiger partial charge in [0.05, 0.1) is 12.2 Å². The molecule has 0 radical (unpaired) electrons. The van der Waals surface area contributed by atoms with Gasteiger partial charge in [-0.15, -0.1) is 0 Å². The van der Waals surface area contributed by atoms with Crippen LogP contribution in [0.15, 0.2) is 0 Å². The zero-order valence-corrected chi connectivity index (χ0v) is 11.1. The molecule has 0 saturated heterocycles. The van der Waals surface area contributed by atoms with Crippen molar-refractivity contribution in [3.05, 3.63) is 17.1 Å². The molecule has 1 aromatic rings. The third kappa shape index (κ3) is 3.57. The second-order valence-corrected chi connectivity index (χ2v) is 4.73. The van der Waals surface area contributed by atoms with Gasteiger partial charge >= 0.3 is 6.18 Å². The van der Waals surface area contributed by atoms with Gasteiger partial charge in [-0.1, -0.05) is 0 Å². The van der Waals surface area contributed by atoms with Gasteiger partial charge in [0, 0.05) is 18.5 Å². The molecule has 0 spiro atoms. The van der Waals surface area contributed by atoms with Crippen LogP contribution in [-0.2, 0) is 12.8 Å². The number of alkyl halides is 3. The van der Waals surface area contributed by atoms with E-state index in [0.717, 1.165) is 30.8 Å². The van der Waals surface area contributed by atoms with Gasteiger partial charge < -0.3 is 15.7 Å². The number of hydrogen-bond acceptors (Lipinski definition) is 5. The fourth-order valence-electron chi connectivity index (χ4n) is 2.12. The largest absolute Gasteiger partial charge is 0.416 e. The number of hydrogen-bond donors (Lipinski definition) is 3. The Kier molecular flexibility index (Phi) is 4.44. The summed E-state index contributed by atoms with van der Waals surface area (Å²) < 4.78 is 36.9. The maximum atomic E-state index is 12.3. The van der Waals surface area contributed by atoms with E-state index in [1.54, 1.807) is 6.92 Å². The van der Waals surface area contributed by atoms with Crippen molar-refractivity contribution in [2.45, 2.75) is 32.0 Å². The molecule has 0 aromatic carbocycles. The highest BCUT2D eigenvalue weighted by Crippen LogP contribution is 2.23. The molecule has 1 aromatic heterocycles. The zero-order valence-electron chi connectivity index (χ0n) is 11.1. The van der Waals surface area contributed by atoms with Crippen LogP contribution in [0.2, 0.25) is 0 Å². The van der Waals surface area contributed by atoms with Gasteiger partial charge in [0.2, 0.25) is 0 Å². The highest BCUT2D eigenvalue weighted by atomic mass is 19.4. The van der Waals surface area contributed by atoms with Crippen molar-refractivity contribution in [3.8, 4) is 0 Å². The van der Waals surface area contributed by atoms with Gasteiger partial charge in [0.25, 0.3) is 0 Å². The van der Waals surface area contributed by atoms with E-state index in [-0.39, 0.29) is 0 Å². The first kappa shape index (κ1) is 15.0. The molecule has 0 amide bonds. The van der Waals surface area contributed by atoms with E-state index in [0.29, 0.717) is 18.1 Å². The van der Waals surface area contributed by atoms with E-state index in [1.165, 1.54) is 0 Å². The van der Waals surface area contributed by atoms with E-state index in [9.17, 15) is 13.2 Å². The van der Waals surface area contributed by atoms with Crippen LogP contribution >= 0.6 is 0 Å². The first-order chi connectivity index (χ1) is 9.38. The number of fused-ring (bicyclic) bond motifs is 1. The second-order valence-electron chi connectivity index (χ2n) is 4.73. The summed E-state index contributed by atoms with van der Waals surface area (Å²) in [5.41, 5.74) is 1.68. The van der Waals surface area contributed by atoms with Gasteiger partial charge in [0.15, 0.2) is 6.10 Å². The van der Waals surface area contributed by atoms with Crippen molar-refractivity contribution in [2.24, 2.45) is 0 Å². The topological polar surface area (TPSA) is 70.1 Å². The Morgan fingerprint density at radius 3 is 2.70 bits per heavy atom. The molecule has 2 heterocycles. The minimum Gasteiger partial charge on any atom is -0.382 e. The Morgan fingerprint density at radius 2 is 2.00 bits per heavy atom. The zero-order chi connectivity index (χ0) is 14.8. The highest BCUT2D eigenvalue weighted by molar-refractivity contribution is 5.47. The molecule has 5 nitrogen and oxygen atoms in total. The highest BCUT2D eigenvalue weighted by Gasteiger charge is 2.38. The van der Waals surface area contributed by atoms with Crippen LogP contribution in [0.3, 0.4) is 0 Å². The Morgan fingerprint density at radius 1 is 1.30 bits per heavy atom. The number of aliphatic hydroxyl groups excluding tert-OH is 1. The molecular weight excluding hydrogens is 273 g/mol. The average molecular weight is 290 g/mol. The van der Waals surface area contributed by atoms with Crippen LogP contribution in [0.1, 0.15) is 17.1 Å². The van der Waals surface area contributed by atoms with Crippen molar-refractivity contribution >= 4 is 5.82 Å². The van der Waals surface area contributed by atoms with Crippen molar-refractivity contribution in [1.29, 1.82) is 0 Å². The molecule has 0 aliphatic carbocycles. The third-order valence-electron chi connectivity index (χ3n) is 3.14. The van der Waals surface area contributed by atoms with Crippen LogP contribution in [-0.4, -0.2) is 47.0 Å². The molecule has 0 unspecified atom stereocenters. The van der Waals surface area contributed by atoms with Gasteiger partial charge in [-0.25, -0.2) is 9.97 Å². The number of anilines is 1. The molecule has 2 rings (SSSR count). The van der Waals surface area contributed by atoms with E-state index in [1.807, 2.05) is 0 Å². The van der Waals surface area contributed by atoms with E-state index < -0.39 is 18.8 Å². The first-order valence-corrected chi connectivity index (χ1v) is 6.43. The van der Waals surface area contributed by atoms with Gasteiger partial charge in [0.1, 0.15) is 11.6 Å². The Labute approximate surface area is 114 Å². The summed E-state index contributed by atoms with van der Waals surface area (Å²) in [5.74, 6) is 0.897. The monoisotopic (exact) mass is 290 g/mol. The van der Waals surface area contributed by atoms with Crippen molar-refractivity contribution < 1.29 is 18.3 Å². The molecule has 1 aliphatic heterocycles. The summed E-state index contributed by atoms with van der Waals surface area (Å²) in [6, 6.07) is 0. The maximum Gasteiger partial charge on any atom is 0.416 e. The van der Waals surface area contributed by atoms with Crippen molar-refractivity contribution in [3.63, 3.8) is 0 Å². The Balaban J connectivity index is 2.17. The van der Waals surface area contributed by atoms with Crippen LogP contribution < -0.4 is 10.6 Å². The number of nitrogens with zero attached hydrogens (tertiary/aromatic N) is 2. The lowest BCUT2D eigenvalue weighted by atomic mass is 10.1. The molecule has 112 valence electrons. The van der Waals surface area contributed by atoms with Crippen LogP contribution in [0, 0.1) is 6.92 Å². The smallest absolute Gasteiger partial charge is 0.382 e. The fraction of sp³-hybridized carbons (Fsp3) is 0.667. The number of nitrogens with one attached hydrogen (secondary N) is 2. The van der Waals surface area contributed by atoms with Gasteiger partial charge in [-0.3, -0.25) is 0 Å². The Bertz CT molecular complexity index is 479. The summed E-state index contributed by atoms with van der Waals surface area (Å²) in [5, 5.41) is 14.8. The normalized spacial score (nSPS) is 17.2. The average Bonchev–Trinajstić information content (AvgIpc) is 2.59. The number of rotatable bonds is 3. The van der Waals surface area contributed by atoms with E-state index in [2.05, 4.69) is 20.6 Å². The minimum atomic E-state index is -4.63. The summed E-state index contributed by atoms with van der Waals surface area (Å²) in [7, 11) is 0. The molecule has 0 fully saturated rings. The molecule has 0 bridgehead atoms. The molecule has 1 aliphatic rings. The molecule has 20 heavy (non-hydrogen) atoms. The lowest BCUT2D eigenvalue weighted by Gasteiger charge is -2.18. The maximum absolute atomic E-state index is 12.3. The molecule has 8 heteroatoms. The number of halogens is 3. The predicted octanol–water partition coefficient (Wildman–Crippen LogP) is 0.808. The quantitative estimate of drug-likeness (QED) is 0.768. The van der Waals surface area contributed by atoms with Crippen molar-refractivity contribution in [2.75, 3.05) is 25.0 Å². The van der Waals surface area contributed by atoms with Gasteiger partial charge in [-0.05, 0) is 19.9 Å². The van der Waals surface area contributed by atoms with Gasteiger partial charge in [-0.2, -0.15) is 13.2 Å². The lowest BCUT2D eigenvalue weighted by molar-refractivity contribution is -0.198. The van der Waals surface area contributed by atoms with Crippen LogP contribution in [0.4, 0.5) is 19.0 Å². The summed E-state index contributed by atoms with van der Waals surface area (Å²) in [6.45, 7) is 2.60.